The van der Waals surface area contributed by atoms with Crippen molar-refractivity contribution in [3.8, 4) is 22.8 Å². The van der Waals surface area contributed by atoms with Crippen LogP contribution in [0.4, 0.5) is 19.0 Å². The third kappa shape index (κ3) is 6.49. The van der Waals surface area contributed by atoms with Crippen molar-refractivity contribution in [2.45, 2.75) is 38.4 Å². The first-order valence-corrected chi connectivity index (χ1v) is 11.2. The molecule has 0 fully saturated rings. The van der Waals surface area contributed by atoms with Gasteiger partial charge in [0.1, 0.15) is 5.52 Å². The van der Waals surface area contributed by atoms with E-state index in [9.17, 15) is 13.2 Å². The van der Waals surface area contributed by atoms with Gasteiger partial charge in [0.25, 0.3) is 0 Å². The van der Waals surface area contributed by atoms with E-state index in [4.69, 9.17) is 42.6 Å². The van der Waals surface area contributed by atoms with Gasteiger partial charge in [-0.15, -0.1) is 0 Å². The monoisotopic (exact) mass is 525 g/mol. The number of alkyl halides is 3. The summed E-state index contributed by atoms with van der Waals surface area (Å²) in [6, 6.07) is 9.51. The maximum absolute atomic E-state index is 10.6. The molecule has 3 aromatic heterocycles. The quantitative estimate of drug-likeness (QED) is 0.281. The fourth-order valence-electron chi connectivity index (χ4n) is 3.42. The van der Waals surface area contributed by atoms with Crippen LogP contribution in [0.3, 0.4) is 0 Å². The highest BCUT2D eigenvalue weighted by Gasteiger charge is 2.38. The summed E-state index contributed by atoms with van der Waals surface area (Å²) in [5.74, 6) is -1.93. The summed E-state index contributed by atoms with van der Waals surface area (Å²) in [7, 11) is 0. The number of benzene rings is 1. The normalized spacial score (nSPS) is 11.4. The molecule has 0 amide bonds. The van der Waals surface area contributed by atoms with Gasteiger partial charge in [0.05, 0.1) is 11.2 Å². The van der Waals surface area contributed by atoms with Crippen molar-refractivity contribution in [3.05, 3.63) is 41.6 Å². The molecule has 14 heteroatoms. The van der Waals surface area contributed by atoms with E-state index in [0.29, 0.717) is 16.5 Å². The Hall–Kier alpha value is -3.71. The van der Waals surface area contributed by atoms with Gasteiger partial charge in [0.15, 0.2) is 17.3 Å². The first-order valence-electron chi connectivity index (χ1n) is 10.8. The maximum Gasteiger partial charge on any atom is 0.490 e. The van der Waals surface area contributed by atoms with Crippen LogP contribution in [0.25, 0.3) is 33.8 Å². The topological polar surface area (TPSA) is 159 Å². The molecule has 10 nitrogen and oxygen atoms in total. The molecule has 4 rings (SSSR count). The van der Waals surface area contributed by atoms with E-state index in [0.717, 1.165) is 61.1 Å². The number of pyridine rings is 1. The summed E-state index contributed by atoms with van der Waals surface area (Å²) in [5, 5.41) is 15.4. The van der Waals surface area contributed by atoms with E-state index in [1.54, 1.807) is 6.20 Å². The third-order valence-corrected chi connectivity index (χ3v) is 5.30. The lowest BCUT2D eigenvalue weighted by atomic mass is 10.1. The molecule has 0 atom stereocenters. The fourth-order valence-corrected chi connectivity index (χ4v) is 3.62. The zero-order valence-electron chi connectivity index (χ0n) is 18.9. The van der Waals surface area contributed by atoms with Crippen molar-refractivity contribution < 1.29 is 27.7 Å². The average molecular weight is 526 g/mol. The number of rotatable bonds is 8. The predicted octanol–water partition coefficient (Wildman–Crippen LogP) is 4.54. The van der Waals surface area contributed by atoms with Gasteiger partial charge < -0.3 is 21.1 Å². The van der Waals surface area contributed by atoms with Crippen LogP contribution in [0.5, 0.6) is 0 Å². The molecule has 0 saturated carbocycles. The lowest BCUT2D eigenvalue weighted by Crippen LogP contribution is -2.21. The number of carboxylic acid groups (broad SMARTS) is 1. The van der Waals surface area contributed by atoms with Crippen LogP contribution in [0.2, 0.25) is 5.02 Å². The number of aromatic nitrogens is 5. The highest BCUT2D eigenvalue weighted by atomic mass is 35.5. The summed E-state index contributed by atoms with van der Waals surface area (Å²) >= 11 is 6.19. The number of nitrogens with two attached hydrogens (primary N) is 2. The maximum atomic E-state index is 10.6. The number of fused-ring (bicyclic) bond motifs is 1. The van der Waals surface area contributed by atoms with Crippen LogP contribution in [0.1, 0.15) is 25.7 Å². The van der Waals surface area contributed by atoms with Crippen molar-refractivity contribution in [2.24, 2.45) is 5.73 Å². The number of unbranched alkanes of at least 4 members (excludes halogenated alkanes) is 3. The number of halogens is 4. The second kappa shape index (κ2) is 11.8. The van der Waals surface area contributed by atoms with Crippen molar-refractivity contribution >= 4 is 34.4 Å². The largest absolute Gasteiger partial charge is 0.490 e. The van der Waals surface area contributed by atoms with E-state index in [2.05, 4.69) is 19.9 Å². The summed E-state index contributed by atoms with van der Waals surface area (Å²) < 4.78 is 38.7. The van der Waals surface area contributed by atoms with E-state index in [1.807, 2.05) is 30.3 Å². The van der Waals surface area contributed by atoms with Gasteiger partial charge in [0.2, 0.25) is 0 Å². The minimum absolute atomic E-state index is 0.210. The Morgan fingerprint density at radius 2 is 1.83 bits per heavy atom. The molecule has 0 aliphatic rings. The van der Waals surface area contributed by atoms with Crippen LogP contribution in [-0.4, -0.2) is 48.6 Å². The van der Waals surface area contributed by atoms with Crippen LogP contribution >= 0.6 is 11.6 Å². The molecule has 0 aliphatic heterocycles. The van der Waals surface area contributed by atoms with Gasteiger partial charge in [-0.25, -0.2) is 14.4 Å². The Morgan fingerprint density at radius 3 is 2.44 bits per heavy atom. The van der Waals surface area contributed by atoms with Crippen LogP contribution < -0.4 is 11.5 Å². The molecule has 0 spiro atoms. The Morgan fingerprint density at radius 1 is 1.11 bits per heavy atom. The predicted molar refractivity (Wildman–Crippen MR) is 127 cm³/mol. The number of aliphatic carboxylic acids is 1. The third-order valence-electron chi connectivity index (χ3n) is 5.07. The number of nitrogen functional groups attached to an aromatic ring is 1. The second-order valence-electron chi connectivity index (χ2n) is 7.63. The lowest BCUT2D eigenvalue weighted by molar-refractivity contribution is -0.192. The smallest absolute Gasteiger partial charge is 0.475 e. The zero-order chi connectivity index (χ0) is 26.3. The van der Waals surface area contributed by atoms with Gasteiger partial charge >= 0.3 is 12.1 Å². The standard InChI is InChI=1S/C20H22ClN7O.C2HF3O2/c21-14-7-5-6-13(12-14)16-17-15(8-10-24-16)28(11-4-2-1-3-9-22)20(25-17)18-19(23)27-29-26-18;3-2(4,5)1(6)7/h5-8,10,12H,1-4,9,11,22H2,(H2,23,27);(H,6,7). The number of aryl methyl sites for hydroxylation is 1. The van der Waals surface area contributed by atoms with Gasteiger partial charge in [-0.1, -0.05) is 36.6 Å². The SMILES string of the molecule is NCCCCCCn1c(-c2nonc2N)nc2c(-c3cccc(Cl)c3)nccc21.O=C(O)C(F)(F)F. The minimum atomic E-state index is -5.08. The molecule has 192 valence electrons. The Balaban J connectivity index is 0.000000454. The van der Waals surface area contributed by atoms with E-state index in [1.165, 1.54) is 0 Å². The number of nitrogens with zero attached hydrogens (tertiary/aromatic N) is 5. The molecule has 1 aromatic carbocycles. The highest BCUT2D eigenvalue weighted by molar-refractivity contribution is 6.30. The van der Waals surface area contributed by atoms with Crippen molar-refractivity contribution in [2.75, 3.05) is 12.3 Å². The number of hydrogen-bond acceptors (Lipinski definition) is 8. The first-order chi connectivity index (χ1) is 17.1. The van der Waals surface area contributed by atoms with Crippen LogP contribution in [0.15, 0.2) is 41.2 Å². The lowest BCUT2D eigenvalue weighted by Gasteiger charge is -2.08. The molecule has 0 bridgehead atoms. The number of carboxylic acids is 1. The van der Waals surface area contributed by atoms with E-state index in [-0.39, 0.29) is 5.82 Å². The molecule has 3 heterocycles. The Kier molecular flexibility index (Phi) is 8.83. The molecule has 0 unspecified atom stereocenters. The van der Waals surface area contributed by atoms with Crippen molar-refractivity contribution in [3.63, 3.8) is 0 Å². The molecule has 0 radical (unpaired) electrons. The molecule has 0 saturated heterocycles. The van der Waals surface area contributed by atoms with Gasteiger partial charge in [0, 0.05) is 23.3 Å². The van der Waals surface area contributed by atoms with Crippen molar-refractivity contribution in [1.29, 1.82) is 0 Å². The molecule has 5 N–H and O–H groups in total. The van der Waals surface area contributed by atoms with Crippen molar-refractivity contribution in [1.82, 2.24) is 24.8 Å². The molecule has 4 aromatic rings. The number of anilines is 1. The van der Waals surface area contributed by atoms with Gasteiger partial charge in [-0.2, -0.15) is 13.2 Å². The number of imidazole rings is 1. The van der Waals surface area contributed by atoms with Gasteiger partial charge in [-0.05, 0) is 47.9 Å². The summed E-state index contributed by atoms with van der Waals surface area (Å²) in [6.45, 7) is 1.48. The van der Waals surface area contributed by atoms with Gasteiger partial charge in [-0.3, -0.25) is 4.98 Å². The minimum Gasteiger partial charge on any atom is -0.475 e. The summed E-state index contributed by atoms with van der Waals surface area (Å²) in [6.07, 6.45) is 0.884. The van der Waals surface area contributed by atoms with Crippen LogP contribution in [-0.2, 0) is 11.3 Å². The Labute approximate surface area is 208 Å². The molecule has 36 heavy (non-hydrogen) atoms. The summed E-state index contributed by atoms with van der Waals surface area (Å²) in [5.41, 5.74) is 15.3. The fraction of sp³-hybridized carbons (Fsp3) is 0.318. The molecular formula is C22H23ClF3N7O3. The molecule has 0 aliphatic carbocycles. The Bertz CT molecular complexity index is 1320. The molecular weight excluding hydrogens is 503 g/mol. The highest BCUT2D eigenvalue weighted by Crippen LogP contribution is 2.32. The zero-order valence-corrected chi connectivity index (χ0v) is 19.6. The first kappa shape index (κ1) is 26.9. The van der Waals surface area contributed by atoms with Crippen LogP contribution in [0, 0.1) is 0 Å². The number of hydrogen-bond donors (Lipinski definition) is 3. The number of carbonyl (C=O) groups is 1. The second-order valence-corrected chi connectivity index (χ2v) is 8.06. The van der Waals surface area contributed by atoms with E-state index < -0.39 is 12.1 Å². The van der Waals surface area contributed by atoms with E-state index >= 15 is 0 Å². The average Bonchev–Trinajstić information content (AvgIpc) is 3.41. The summed E-state index contributed by atoms with van der Waals surface area (Å²) in [4.78, 5) is 18.3.